The molecule has 36 heavy (non-hydrogen) atoms. The quantitative estimate of drug-likeness (QED) is 0.473. The average molecular weight is 502 g/mol. The van der Waals surface area contributed by atoms with E-state index in [9.17, 15) is 0 Å². The van der Waals surface area contributed by atoms with Gasteiger partial charge in [0.25, 0.3) is 0 Å². The van der Waals surface area contributed by atoms with Gasteiger partial charge in [0.15, 0.2) is 5.11 Å². The van der Waals surface area contributed by atoms with Crippen molar-refractivity contribution in [3.8, 4) is 0 Å². The molecule has 2 aliphatic heterocycles. The number of nitrogens with one attached hydrogen (secondary N) is 2. The first kappa shape index (κ1) is 24.3. The molecule has 5 rings (SSSR count). The zero-order valence-corrected chi connectivity index (χ0v) is 21.8. The maximum Gasteiger partial charge on any atom is 0.232 e. The van der Waals surface area contributed by atoms with Gasteiger partial charge in [-0.1, -0.05) is 48.5 Å². The van der Waals surface area contributed by atoms with Crippen molar-refractivity contribution in [2.75, 3.05) is 52.7 Å². The van der Waals surface area contributed by atoms with E-state index in [1.165, 1.54) is 30.5 Å². The van der Waals surface area contributed by atoms with Gasteiger partial charge in [-0.2, -0.15) is 9.97 Å². The van der Waals surface area contributed by atoms with Crippen LogP contribution in [-0.4, -0.2) is 53.8 Å². The normalized spacial score (nSPS) is 18.1. The summed E-state index contributed by atoms with van der Waals surface area (Å²) in [5, 5.41) is 7.07. The Bertz CT molecular complexity index is 1130. The lowest BCUT2D eigenvalue weighted by Gasteiger charge is -2.38. The van der Waals surface area contributed by atoms with Gasteiger partial charge in [0.2, 0.25) is 5.95 Å². The van der Waals surface area contributed by atoms with Gasteiger partial charge in [0, 0.05) is 57.1 Å². The maximum absolute atomic E-state index is 5.59. The van der Waals surface area contributed by atoms with Gasteiger partial charge in [-0.15, -0.1) is 0 Å². The van der Waals surface area contributed by atoms with Crippen LogP contribution in [0.2, 0.25) is 0 Å². The van der Waals surface area contributed by atoms with Crippen molar-refractivity contribution >= 4 is 40.6 Å². The fourth-order valence-corrected chi connectivity index (χ4v) is 5.15. The molecule has 188 valence electrons. The predicted octanol–water partition coefficient (Wildman–Crippen LogP) is 4.67. The number of nitrogens with zero attached hydrogens (tertiary/aromatic N) is 5. The number of benzene rings is 2. The van der Waals surface area contributed by atoms with Crippen molar-refractivity contribution in [3.63, 3.8) is 0 Å². The third-order valence-electron chi connectivity index (χ3n) is 7.04. The Kier molecular flexibility index (Phi) is 7.81. The van der Waals surface area contributed by atoms with E-state index in [1.807, 2.05) is 18.2 Å². The summed E-state index contributed by atoms with van der Waals surface area (Å²) in [7, 11) is 0. The summed E-state index contributed by atoms with van der Waals surface area (Å²) in [4.78, 5) is 17.0. The Morgan fingerprint density at radius 2 is 1.53 bits per heavy atom. The third-order valence-corrected chi connectivity index (χ3v) is 7.29. The minimum Gasteiger partial charge on any atom is -0.368 e. The van der Waals surface area contributed by atoms with Gasteiger partial charge >= 0.3 is 0 Å². The van der Waals surface area contributed by atoms with Gasteiger partial charge in [0.1, 0.15) is 11.6 Å². The van der Waals surface area contributed by atoms with Gasteiger partial charge in [-0.3, -0.25) is 0 Å². The molecule has 2 fully saturated rings. The number of anilines is 4. The van der Waals surface area contributed by atoms with Crippen molar-refractivity contribution in [3.05, 3.63) is 72.3 Å². The summed E-state index contributed by atoms with van der Waals surface area (Å²) in [6.45, 7) is 7.72. The van der Waals surface area contributed by atoms with Crippen LogP contribution in [0.15, 0.2) is 66.7 Å². The van der Waals surface area contributed by atoms with Gasteiger partial charge < -0.3 is 25.3 Å². The number of piperidine rings is 1. The Morgan fingerprint density at radius 1 is 0.861 bits per heavy atom. The van der Waals surface area contributed by atoms with Crippen LogP contribution in [0, 0.1) is 0 Å². The summed E-state index contributed by atoms with van der Waals surface area (Å²) in [6, 6.07) is 23.5. The van der Waals surface area contributed by atoms with E-state index in [0.29, 0.717) is 23.6 Å². The molecule has 2 aromatic carbocycles. The number of hydrogen-bond acceptors (Lipinski definition) is 6. The molecule has 0 radical (unpaired) electrons. The van der Waals surface area contributed by atoms with E-state index in [4.69, 9.17) is 22.2 Å². The molecule has 0 aliphatic carbocycles. The molecule has 7 nitrogen and oxygen atoms in total. The first-order chi connectivity index (χ1) is 17.7. The first-order valence-electron chi connectivity index (χ1n) is 13.0. The third kappa shape index (κ3) is 6.05. The van der Waals surface area contributed by atoms with E-state index in [-0.39, 0.29) is 0 Å². The minimum absolute atomic E-state index is 0.465. The molecule has 0 saturated carbocycles. The highest BCUT2D eigenvalue weighted by Crippen LogP contribution is 2.28. The first-order valence-corrected chi connectivity index (χ1v) is 13.4. The average Bonchev–Trinajstić information content (AvgIpc) is 2.93. The smallest absolute Gasteiger partial charge is 0.232 e. The second-order valence-electron chi connectivity index (χ2n) is 9.55. The van der Waals surface area contributed by atoms with E-state index < -0.39 is 0 Å². The zero-order chi connectivity index (χ0) is 24.7. The van der Waals surface area contributed by atoms with Crippen LogP contribution in [0.5, 0.6) is 0 Å². The number of thiocarbonyl (C=S) groups is 1. The number of aromatic nitrogens is 2. The van der Waals surface area contributed by atoms with Crippen molar-refractivity contribution in [2.45, 2.75) is 38.8 Å². The molecular weight excluding hydrogens is 466 g/mol. The molecular formula is C28H35N7S. The largest absolute Gasteiger partial charge is 0.368 e. The molecule has 2 N–H and O–H groups in total. The lowest BCUT2D eigenvalue weighted by molar-refractivity contribution is 0.481. The molecule has 1 atom stereocenters. The molecule has 1 aromatic heterocycles. The number of hydrogen-bond donors (Lipinski definition) is 2. The highest BCUT2D eigenvalue weighted by molar-refractivity contribution is 7.80. The van der Waals surface area contributed by atoms with Crippen LogP contribution < -0.4 is 25.3 Å². The fraction of sp³-hybridized carbons (Fsp3) is 0.393. The van der Waals surface area contributed by atoms with Crippen molar-refractivity contribution < 1.29 is 0 Å². The predicted molar refractivity (Wildman–Crippen MR) is 153 cm³/mol. The molecule has 3 aromatic rings. The zero-order valence-electron chi connectivity index (χ0n) is 20.9. The van der Waals surface area contributed by atoms with E-state index in [1.54, 1.807) is 0 Å². The van der Waals surface area contributed by atoms with Crippen LogP contribution in [-0.2, 0) is 6.54 Å². The molecule has 1 unspecified atom stereocenters. The number of para-hydroxylation sites is 1. The molecule has 0 amide bonds. The van der Waals surface area contributed by atoms with Crippen LogP contribution in [0.4, 0.5) is 23.3 Å². The summed E-state index contributed by atoms with van der Waals surface area (Å²) in [5.41, 5.74) is 2.45. The van der Waals surface area contributed by atoms with Crippen molar-refractivity contribution in [1.82, 2.24) is 15.3 Å². The molecule has 3 heterocycles. The monoisotopic (exact) mass is 501 g/mol. The van der Waals surface area contributed by atoms with Crippen LogP contribution in [0.25, 0.3) is 0 Å². The van der Waals surface area contributed by atoms with Crippen molar-refractivity contribution in [2.24, 2.45) is 0 Å². The van der Waals surface area contributed by atoms with Crippen LogP contribution >= 0.6 is 12.2 Å². The second-order valence-corrected chi connectivity index (χ2v) is 9.96. The van der Waals surface area contributed by atoms with Crippen molar-refractivity contribution in [1.29, 1.82) is 0 Å². The van der Waals surface area contributed by atoms with Gasteiger partial charge in [-0.25, -0.2) is 0 Å². The lowest BCUT2D eigenvalue weighted by Crippen LogP contribution is -2.47. The highest BCUT2D eigenvalue weighted by atomic mass is 32.1. The standard InChI is InChI=1S/C28H35N7S/c1-22-10-8-9-15-35(22)26-20-25(34-18-16-33(17-19-34)24-13-6-3-7-14-24)30-27(31-26)32-28(36)29-21-23-11-4-2-5-12-23/h2-7,11-14,20,22H,8-10,15-19,21H2,1H3,(H2,29,30,31,32,36). The highest BCUT2D eigenvalue weighted by Gasteiger charge is 2.24. The Balaban J connectivity index is 1.31. The number of piperazine rings is 1. The molecule has 2 saturated heterocycles. The SMILES string of the molecule is CC1CCCCN1c1cc(N2CCN(c3ccccc3)CC2)nc(NC(=S)NCc2ccccc2)n1. The Morgan fingerprint density at radius 3 is 2.25 bits per heavy atom. The maximum atomic E-state index is 5.59. The summed E-state index contributed by atoms with van der Waals surface area (Å²) >= 11 is 5.59. The minimum atomic E-state index is 0.465. The van der Waals surface area contributed by atoms with Crippen LogP contribution in [0.3, 0.4) is 0 Å². The Labute approximate surface area is 219 Å². The summed E-state index contributed by atoms with van der Waals surface area (Å²) in [6.07, 6.45) is 3.66. The molecule has 0 bridgehead atoms. The fourth-order valence-electron chi connectivity index (χ4n) is 4.98. The summed E-state index contributed by atoms with van der Waals surface area (Å²) in [5.74, 6) is 2.49. The van der Waals surface area contributed by atoms with E-state index in [0.717, 1.165) is 44.4 Å². The second kappa shape index (κ2) is 11.6. The van der Waals surface area contributed by atoms with Crippen LogP contribution in [0.1, 0.15) is 31.7 Å². The Hall–Kier alpha value is -3.39. The van der Waals surface area contributed by atoms with Gasteiger partial charge in [-0.05, 0) is 56.1 Å². The lowest BCUT2D eigenvalue weighted by atomic mass is 10.0. The topological polar surface area (TPSA) is 59.6 Å². The molecule has 8 heteroatoms. The van der Waals surface area contributed by atoms with E-state index in [2.05, 4.69) is 80.8 Å². The number of rotatable bonds is 6. The van der Waals surface area contributed by atoms with E-state index >= 15 is 0 Å². The molecule has 2 aliphatic rings. The van der Waals surface area contributed by atoms with Gasteiger partial charge in [0.05, 0.1) is 0 Å². The summed E-state index contributed by atoms with van der Waals surface area (Å²) < 4.78 is 0. The molecule has 0 spiro atoms.